The van der Waals surface area contributed by atoms with Crippen LogP contribution < -0.4 is 0 Å². The highest BCUT2D eigenvalue weighted by atomic mass is 16.5. The molecule has 0 radical (unpaired) electrons. The molecule has 0 bridgehead atoms. The fraction of sp³-hybridized carbons (Fsp3) is 0.812. The number of hydrogen-bond acceptors (Lipinski definition) is 3. The molecule has 0 saturated carbocycles. The molecule has 3 aliphatic rings. The van der Waals surface area contributed by atoms with Crippen LogP contribution in [0.3, 0.4) is 0 Å². The molecule has 3 rings (SSSR count). The molecule has 20 heavy (non-hydrogen) atoms. The second kappa shape index (κ2) is 5.86. The molecule has 0 N–H and O–H groups in total. The number of hydrogen-bond donors (Lipinski definition) is 0. The standard InChI is InChI=1S/C16H26N2O2/c1-17(2)16(19)13-11-18(14-8-9-20-15(13)14)10-12-6-4-3-5-7-12/h3-4,12-15H,5-11H2,1-2H3/t12-,13+,14-,15-/m1/s1. The van der Waals surface area contributed by atoms with Gasteiger partial charge in [0.25, 0.3) is 0 Å². The van der Waals surface area contributed by atoms with E-state index in [1.165, 1.54) is 19.3 Å². The van der Waals surface area contributed by atoms with E-state index in [9.17, 15) is 4.79 Å². The molecule has 0 spiro atoms. The van der Waals surface area contributed by atoms with Gasteiger partial charge in [0.1, 0.15) is 0 Å². The zero-order valence-corrected chi connectivity index (χ0v) is 12.6. The maximum absolute atomic E-state index is 12.3. The van der Waals surface area contributed by atoms with E-state index in [0.717, 1.165) is 32.0 Å². The van der Waals surface area contributed by atoms with Gasteiger partial charge in [0.05, 0.1) is 12.0 Å². The lowest BCUT2D eigenvalue weighted by Crippen LogP contribution is -2.37. The predicted octanol–water partition coefficient (Wildman–Crippen LogP) is 1.52. The van der Waals surface area contributed by atoms with Crippen molar-refractivity contribution in [1.29, 1.82) is 0 Å². The van der Waals surface area contributed by atoms with E-state index < -0.39 is 0 Å². The molecular formula is C16H26N2O2. The zero-order valence-electron chi connectivity index (χ0n) is 12.6. The molecule has 2 fully saturated rings. The SMILES string of the molecule is CN(C)C(=O)[C@H]1CN(C[C@@H]2CC=CCC2)[C@@H]2CCO[C@H]12. The molecule has 4 atom stereocenters. The Bertz CT molecular complexity index is 394. The first-order chi connectivity index (χ1) is 9.66. The number of ether oxygens (including phenoxy) is 1. The molecule has 2 heterocycles. The first-order valence-electron chi connectivity index (χ1n) is 7.88. The van der Waals surface area contributed by atoms with E-state index in [1.54, 1.807) is 4.90 Å². The Morgan fingerprint density at radius 3 is 2.90 bits per heavy atom. The molecule has 0 aromatic heterocycles. The van der Waals surface area contributed by atoms with E-state index >= 15 is 0 Å². The number of carbonyl (C=O) groups excluding carboxylic acids is 1. The molecule has 1 aliphatic carbocycles. The monoisotopic (exact) mass is 278 g/mol. The van der Waals surface area contributed by atoms with Crippen LogP contribution in [0.1, 0.15) is 25.7 Å². The molecule has 0 unspecified atom stereocenters. The molecule has 2 aliphatic heterocycles. The van der Waals surface area contributed by atoms with Crippen LogP contribution in [0.15, 0.2) is 12.2 Å². The molecule has 2 saturated heterocycles. The van der Waals surface area contributed by atoms with Gasteiger partial charge in [-0.25, -0.2) is 0 Å². The third-order valence-electron chi connectivity index (χ3n) is 5.03. The maximum Gasteiger partial charge on any atom is 0.229 e. The van der Waals surface area contributed by atoms with Crippen molar-refractivity contribution in [1.82, 2.24) is 9.80 Å². The highest BCUT2D eigenvalue weighted by Crippen LogP contribution is 2.35. The minimum Gasteiger partial charge on any atom is -0.376 e. The van der Waals surface area contributed by atoms with E-state index in [1.807, 2.05) is 14.1 Å². The van der Waals surface area contributed by atoms with E-state index in [0.29, 0.717) is 6.04 Å². The summed E-state index contributed by atoms with van der Waals surface area (Å²) in [5.41, 5.74) is 0. The van der Waals surface area contributed by atoms with Gasteiger partial charge < -0.3 is 9.64 Å². The first-order valence-corrected chi connectivity index (χ1v) is 7.88. The van der Waals surface area contributed by atoms with Gasteiger partial charge in [-0.1, -0.05) is 12.2 Å². The molecule has 0 aromatic carbocycles. The van der Waals surface area contributed by atoms with Crippen LogP contribution in [0.4, 0.5) is 0 Å². The molecule has 4 heteroatoms. The summed E-state index contributed by atoms with van der Waals surface area (Å²) in [6.07, 6.45) is 9.52. The minimum absolute atomic E-state index is 0.0385. The number of fused-ring (bicyclic) bond motifs is 1. The molecular weight excluding hydrogens is 252 g/mol. The average molecular weight is 278 g/mol. The Morgan fingerprint density at radius 2 is 2.20 bits per heavy atom. The smallest absolute Gasteiger partial charge is 0.229 e. The third kappa shape index (κ3) is 2.63. The number of allylic oxidation sites excluding steroid dienone is 2. The van der Waals surface area contributed by atoms with Gasteiger partial charge in [-0.15, -0.1) is 0 Å². The number of rotatable bonds is 3. The van der Waals surface area contributed by atoms with Gasteiger partial charge in [0, 0.05) is 39.8 Å². The largest absolute Gasteiger partial charge is 0.376 e. The lowest BCUT2D eigenvalue weighted by atomic mass is 9.93. The maximum atomic E-state index is 12.3. The Hall–Kier alpha value is -0.870. The highest BCUT2D eigenvalue weighted by molar-refractivity contribution is 5.79. The van der Waals surface area contributed by atoms with Gasteiger partial charge in [0.2, 0.25) is 5.91 Å². The van der Waals surface area contributed by atoms with Crippen LogP contribution in [0.25, 0.3) is 0 Å². The summed E-state index contributed by atoms with van der Waals surface area (Å²) < 4.78 is 5.88. The number of likely N-dealkylation sites (tertiary alicyclic amines) is 1. The summed E-state index contributed by atoms with van der Waals surface area (Å²) in [5.74, 6) is 1.03. The Morgan fingerprint density at radius 1 is 1.35 bits per heavy atom. The second-order valence-electron chi connectivity index (χ2n) is 6.63. The molecule has 0 aromatic rings. The predicted molar refractivity (Wildman–Crippen MR) is 78.4 cm³/mol. The Kier molecular flexibility index (Phi) is 4.13. The van der Waals surface area contributed by atoms with Crippen molar-refractivity contribution in [2.24, 2.45) is 11.8 Å². The Balaban J connectivity index is 1.66. The first kappa shape index (κ1) is 14.1. The quantitative estimate of drug-likeness (QED) is 0.734. The summed E-state index contributed by atoms with van der Waals surface area (Å²) in [6, 6.07) is 0.467. The molecule has 112 valence electrons. The van der Waals surface area contributed by atoms with Crippen LogP contribution in [-0.2, 0) is 9.53 Å². The van der Waals surface area contributed by atoms with Gasteiger partial charge in [-0.3, -0.25) is 9.69 Å². The van der Waals surface area contributed by atoms with Crippen LogP contribution in [0.2, 0.25) is 0 Å². The topological polar surface area (TPSA) is 32.8 Å². The summed E-state index contributed by atoms with van der Waals surface area (Å²) in [7, 11) is 3.70. The van der Waals surface area contributed by atoms with Crippen molar-refractivity contribution < 1.29 is 9.53 Å². The zero-order chi connectivity index (χ0) is 14.1. The van der Waals surface area contributed by atoms with Crippen molar-refractivity contribution in [3.05, 3.63) is 12.2 Å². The third-order valence-corrected chi connectivity index (χ3v) is 5.03. The van der Waals surface area contributed by atoms with E-state index in [4.69, 9.17) is 4.74 Å². The molecule has 4 nitrogen and oxygen atoms in total. The van der Waals surface area contributed by atoms with Gasteiger partial charge in [0.15, 0.2) is 0 Å². The average Bonchev–Trinajstić information content (AvgIpc) is 3.03. The van der Waals surface area contributed by atoms with Crippen molar-refractivity contribution in [2.45, 2.75) is 37.8 Å². The van der Waals surface area contributed by atoms with Crippen LogP contribution in [-0.4, -0.2) is 61.6 Å². The van der Waals surface area contributed by atoms with E-state index in [-0.39, 0.29) is 17.9 Å². The van der Waals surface area contributed by atoms with Crippen molar-refractivity contribution in [3.8, 4) is 0 Å². The summed E-state index contributed by atoms with van der Waals surface area (Å²) in [6.45, 7) is 2.83. The van der Waals surface area contributed by atoms with Gasteiger partial charge in [-0.2, -0.15) is 0 Å². The summed E-state index contributed by atoms with van der Waals surface area (Å²) >= 11 is 0. The number of carbonyl (C=O) groups is 1. The Labute approximate surface area is 121 Å². The lowest BCUT2D eigenvalue weighted by Gasteiger charge is -2.28. The second-order valence-corrected chi connectivity index (χ2v) is 6.63. The fourth-order valence-electron chi connectivity index (χ4n) is 3.98. The normalized spacial score (nSPS) is 37.1. The highest BCUT2D eigenvalue weighted by Gasteiger charge is 2.49. The van der Waals surface area contributed by atoms with Crippen molar-refractivity contribution in [3.63, 3.8) is 0 Å². The van der Waals surface area contributed by atoms with Crippen LogP contribution in [0.5, 0.6) is 0 Å². The van der Waals surface area contributed by atoms with Gasteiger partial charge >= 0.3 is 0 Å². The minimum atomic E-state index is 0.0385. The number of nitrogens with zero attached hydrogens (tertiary/aromatic N) is 2. The van der Waals surface area contributed by atoms with E-state index in [2.05, 4.69) is 17.1 Å². The molecule has 1 amide bonds. The number of amides is 1. The van der Waals surface area contributed by atoms with Gasteiger partial charge in [-0.05, 0) is 31.6 Å². The van der Waals surface area contributed by atoms with Crippen LogP contribution in [0, 0.1) is 11.8 Å². The van der Waals surface area contributed by atoms with Crippen molar-refractivity contribution in [2.75, 3.05) is 33.8 Å². The summed E-state index contributed by atoms with van der Waals surface area (Å²) in [5, 5.41) is 0. The summed E-state index contributed by atoms with van der Waals surface area (Å²) in [4.78, 5) is 16.6. The lowest BCUT2D eigenvalue weighted by molar-refractivity contribution is -0.135. The fourth-order valence-corrected chi connectivity index (χ4v) is 3.98. The van der Waals surface area contributed by atoms with Crippen molar-refractivity contribution >= 4 is 5.91 Å². The van der Waals surface area contributed by atoms with Crippen LogP contribution >= 0.6 is 0 Å².